The molecule has 11 nitrogen and oxygen atoms in total. The van der Waals surface area contributed by atoms with Crippen molar-refractivity contribution in [1.29, 1.82) is 0 Å². The van der Waals surface area contributed by atoms with Crippen LogP contribution in [0.4, 0.5) is 21.0 Å². The van der Waals surface area contributed by atoms with E-state index >= 15 is 0 Å². The van der Waals surface area contributed by atoms with Crippen LogP contribution in [0.3, 0.4) is 0 Å². The molecule has 0 aromatic heterocycles. The van der Waals surface area contributed by atoms with Crippen LogP contribution in [0.2, 0.25) is 5.02 Å². The third kappa shape index (κ3) is 9.38. The van der Waals surface area contributed by atoms with Gasteiger partial charge in [-0.15, -0.1) is 0 Å². The lowest BCUT2D eigenvalue weighted by Gasteiger charge is -2.37. The molecule has 236 valence electrons. The Balaban J connectivity index is 1.74. The van der Waals surface area contributed by atoms with Crippen LogP contribution in [-0.2, 0) is 15.9 Å². The van der Waals surface area contributed by atoms with Gasteiger partial charge in [-0.1, -0.05) is 23.7 Å². The monoisotopic (exact) mass is 618 g/mol. The Morgan fingerprint density at radius 2 is 1.58 bits per heavy atom. The minimum absolute atomic E-state index is 0.101. The van der Waals surface area contributed by atoms with E-state index in [1.807, 2.05) is 72.7 Å². The van der Waals surface area contributed by atoms with Crippen LogP contribution in [0.5, 0.6) is 5.75 Å². The molecule has 1 aliphatic rings. The summed E-state index contributed by atoms with van der Waals surface area (Å²) >= 11 is 6.39. The average molecular weight is 619 g/mol. The van der Waals surface area contributed by atoms with Crippen LogP contribution in [0.25, 0.3) is 0 Å². The number of carbonyl (C=O) groups excluding carboxylic acids is 2. The first-order valence-corrected chi connectivity index (χ1v) is 14.7. The van der Waals surface area contributed by atoms with E-state index in [1.54, 1.807) is 9.80 Å². The molecule has 0 bridgehead atoms. The number of carbonyl (C=O) groups is 2. The van der Waals surface area contributed by atoms with E-state index in [1.165, 1.54) is 19.2 Å². The van der Waals surface area contributed by atoms with Crippen molar-refractivity contribution >= 4 is 35.2 Å². The molecule has 12 heteroatoms. The van der Waals surface area contributed by atoms with Crippen LogP contribution in [-0.4, -0.2) is 77.9 Å². The van der Waals surface area contributed by atoms with Crippen molar-refractivity contribution in [3.8, 4) is 5.75 Å². The number of nitro benzene ring substituents is 1. The van der Waals surface area contributed by atoms with E-state index in [0.717, 1.165) is 11.3 Å². The van der Waals surface area contributed by atoms with Gasteiger partial charge in [-0.2, -0.15) is 0 Å². The van der Waals surface area contributed by atoms with Gasteiger partial charge in [0.15, 0.2) is 5.75 Å². The second-order valence-corrected chi connectivity index (χ2v) is 12.9. The summed E-state index contributed by atoms with van der Waals surface area (Å²) in [6.07, 6.45) is -0.448. The molecule has 43 heavy (non-hydrogen) atoms. The van der Waals surface area contributed by atoms with Crippen LogP contribution < -0.4 is 9.64 Å². The summed E-state index contributed by atoms with van der Waals surface area (Å²) < 4.78 is 16.4. The number of nitrogens with zero attached hydrogens (tertiary/aromatic N) is 4. The third-order valence-electron chi connectivity index (χ3n) is 6.93. The number of hydrogen-bond acceptors (Lipinski definition) is 8. The standard InChI is InChI=1S/C31H43ClN4O7/c1-21(22-9-11-24(12-10-22)33-15-17-34(18-16-33)28(37)42-30(2,3)4)35(29(38)43-31(5,6)7)14-13-23-19-27(41-8)26(36(39)40)20-25(23)32/h9-12,19-21H,13-18H2,1-8H3. The molecule has 1 aliphatic heterocycles. The zero-order valence-corrected chi connectivity index (χ0v) is 27.1. The smallest absolute Gasteiger partial charge is 0.410 e. The minimum atomic E-state index is -0.700. The highest BCUT2D eigenvalue weighted by atomic mass is 35.5. The van der Waals surface area contributed by atoms with Crippen LogP contribution in [0.1, 0.15) is 65.6 Å². The topological polar surface area (TPSA) is 115 Å². The zero-order chi connectivity index (χ0) is 32.1. The van der Waals surface area contributed by atoms with Crippen LogP contribution in [0, 0.1) is 10.1 Å². The van der Waals surface area contributed by atoms with Gasteiger partial charge in [0.2, 0.25) is 0 Å². The fraction of sp³-hybridized carbons (Fsp3) is 0.548. The van der Waals surface area contributed by atoms with E-state index in [0.29, 0.717) is 38.2 Å². The van der Waals surface area contributed by atoms with Gasteiger partial charge in [0.25, 0.3) is 0 Å². The van der Waals surface area contributed by atoms with Gasteiger partial charge in [0.1, 0.15) is 11.2 Å². The van der Waals surface area contributed by atoms with E-state index in [2.05, 4.69) is 4.90 Å². The molecule has 0 radical (unpaired) electrons. The van der Waals surface area contributed by atoms with Gasteiger partial charge in [-0.05, 0) is 84.2 Å². The first-order chi connectivity index (χ1) is 20.0. The molecule has 1 atom stereocenters. The Morgan fingerprint density at radius 1 is 1.00 bits per heavy atom. The maximum atomic E-state index is 13.3. The SMILES string of the molecule is COc1cc(CCN(C(=O)OC(C)(C)C)C(C)c2ccc(N3CCN(C(=O)OC(C)(C)C)CC3)cc2)c(Cl)cc1[N+](=O)[O-]. The lowest BCUT2D eigenvalue weighted by atomic mass is 10.0. The van der Waals surface area contributed by atoms with Crippen molar-refractivity contribution in [2.45, 2.75) is 72.1 Å². The molecule has 0 spiro atoms. The summed E-state index contributed by atoms with van der Waals surface area (Å²) in [5, 5.41) is 11.6. The Morgan fingerprint density at radius 3 is 2.09 bits per heavy atom. The Kier molecular flexibility index (Phi) is 10.8. The van der Waals surface area contributed by atoms with Gasteiger partial charge in [0, 0.05) is 44.5 Å². The van der Waals surface area contributed by atoms with Crippen molar-refractivity contribution in [1.82, 2.24) is 9.80 Å². The summed E-state index contributed by atoms with van der Waals surface area (Å²) in [6.45, 7) is 15.7. The van der Waals surface area contributed by atoms with Crippen molar-refractivity contribution in [2.24, 2.45) is 0 Å². The summed E-state index contributed by atoms with van der Waals surface area (Å²) in [7, 11) is 1.36. The number of rotatable bonds is 8. The van der Waals surface area contributed by atoms with Crippen molar-refractivity contribution in [3.63, 3.8) is 0 Å². The Hall–Kier alpha value is -3.73. The average Bonchev–Trinajstić information content (AvgIpc) is 2.91. The van der Waals surface area contributed by atoms with E-state index in [9.17, 15) is 19.7 Å². The van der Waals surface area contributed by atoms with Gasteiger partial charge in [-0.25, -0.2) is 9.59 Å². The summed E-state index contributed by atoms with van der Waals surface area (Å²) in [5.41, 5.74) is 1.09. The van der Waals surface area contributed by atoms with Crippen molar-refractivity contribution in [2.75, 3.05) is 44.7 Å². The number of halogens is 1. The van der Waals surface area contributed by atoms with Crippen molar-refractivity contribution in [3.05, 3.63) is 62.7 Å². The van der Waals surface area contributed by atoms with Gasteiger partial charge < -0.3 is 28.9 Å². The quantitative estimate of drug-likeness (QED) is 0.233. The second-order valence-electron chi connectivity index (χ2n) is 12.5. The maximum absolute atomic E-state index is 13.3. The number of nitro groups is 1. The molecular formula is C31H43ClN4O7. The van der Waals surface area contributed by atoms with E-state index in [4.69, 9.17) is 25.8 Å². The third-order valence-corrected chi connectivity index (χ3v) is 7.29. The van der Waals surface area contributed by atoms with E-state index < -0.39 is 22.2 Å². The molecule has 1 saturated heterocycles. The predicted octanol–water partition coefficient (Wildman–Crippen LogP) is 6.85. The van der Waals surface area contributed by atoms with Crippen LogP contribution in [0.15, 0.2) is 36.4 Å². The molecule has 1 fully saturated rings. The second kappa shape index (κ2) is 13.7. The number of ether oxygens (including phenoxy) is 3. The van der Waals surface area contributed by atoms with Crippen LogP contribution >= 0.6 is 11.6 Å². The lowest BCUT2D eigenvalue weighted by Crippen LogP contribution is -2.50. The number of hydrogen-bond donors (Lipinski definition) is 0. The summed E-state index contributed by atoms with van der Waals surface area (Å²) in [4.78, 5) is 42.1. The van der Waals surface area contributed by atoms with Crippen molar-refractivity contribution < 1.29 is 28.7 Å². The molecule has 1 unspecified atom stereocenters. The highest BCUT2D eigenvalue weighted by Gasteiger charge is 2.29. The minimum Gasteiger partial charge on any atom is -0.490 e. The van der Waals surface area contributed by atoms with Gasteiger partial charge in [-0.3, -0.25) is 10.1 Å². The largest absolute Gasteiger partial charge is 0.490 e. The Bertz CT molecular complexity index is 1300. The lowest BCUT2D eigenvalue weighted by molar-refractivity contribution is -0.385. The molecular weight excluding hydrogens is 576 g/mol. The summed E-state index contributed by atoms with van der Waals surface area (Å²) in [6, 6.07) is 10.5. The fourth-order valence-electron chi connectivity index (χ4n) is 4.70. The molecule has 3 rings (SSSR count). The number of benzene rings is 2. The normalized spacial score (nSPS) is 14.6. The highest BCUT2D eigenvalue weighted by molar-refractivity contribution is 6.31. The summed E-state index contributed by atoms with van der Waals surface area (Å²) in [5.74, 6) is 0.101. The maximum Gasteiger partial charge on any atom is 0.410 e. The zero-order valence-electron chi connectivity index (χ0n) is 26.3. The molecule has 1 heterocycles. The number of piperazine rings is 1. The number of amides is 2. The first kappa shape index (κ1) is 33.8. The predicted molar refractivity (Wildman–Crippen MR) is 166 cm³/mol. The molecule has 2 aromatic rings. The molecule has 0 aliphatic carbocycles. The van der Waals surface area contributed by atoms with Gasteiger partial charge in [0.05, 0.1) is 23.1 Å². The molecule has 0 N–H and O–H groups in total. The fourth-order valence-corrected chi connectivity index (χ4v) is 4.96. The number of methoxy groups -OCH3 is 1. The molecule has 2 aromatic carbocycles. The molecule has 2 amide bonds. The van der Waals surface area contributed by atoms with Gasteiger partial charge >= 0.3 is 17.9 Å². The first-order valence-electron chi connectivity index (χ1n) is 14.3. The molecule has 0 saturated carbocycles. The highest BCUT2D eigenvalue weighted by Crippen LogP contribution is 2.34. The van der Waals surface area contributed by atoms with E-state index in [-0.39, 0.29) is 35.1 Å². The number of anilines is 1. The Labute approximate surface area is 258 Å².